The summed E-state index contributed by atoms with van der Waals surface area (Å²) in [7, 11) is 0. The first-order valence-electron chi connectivity index (χ1n) is 6.96. The van der Waals surface area contributed by atoms with Crippen molar-refractivity contribution in [2.75, 3.05) is 11.9 Å². The van der Waals surface area contributed by atoms with Crippen LogP contribution >= 0.6 is 15.9 Å². The minimum Gasteiger partial charge on any atom is -0.370 e. The molecule has 1 N–H and O–H groups in total. The molecule has 2 aromatic carbocycles. The van der Waals surface area contributed by atoms with Crippen LogP contribution in [0.1, 0.15) is 12.5 Å². The quantitative estimate of drug-likeness (QED) is 0.743. The van der Waals surface area contributed by atoms with E-state index in [-0.39, 0.29) is 0 Å². The SMILES string of the molecule is CCNc1nc(-c2ccccc2C)nc2ccc(Br)cc12. The summed E-state index contributed by atoms with van der Waals surface area (Å²) < 4.78 is 1.03. The third-order valence-electron chi connectivity index (χ3n) is 3.39. The topological polar surface area (TPSA) is 37.8 Å². The first-order chi connectivity index (χ1) is 10.2. The highest BCUT2D eigenvalue weighted by molar-refractivity contribution is 9.10. The van der Waals surface area contributed by atoms with Crippen molar-refractivity contribution in [2.24, 2.45) is 0 Å². The van der Waals surface area contributed by atoms with Crippen molar-refractivity contribution < 1.29 is 0 Å². The van der Waals surface area contributed by atoms with Crippen molar-refractivity contribution in [1.29, 1.82) is 0 Å². The molecule has 0 atom stereocenters. The Labute approximate surface area is 132 Å². The Hall–Kier alpha value is -1.94. The number of hydrogen-bond acceptors (Lipinski definition) is 3. The molecule has 0 bridgehead atoms. The number of aryl methyl sites for hydroxylation is 1. The number of aromatic nitrogens is 2. The monoisotopic (exact) mass is 341 g/mol. The fraction of sp³-hybridized carbons (Fsp3) is 0.176. The Morgan fingerprint density at radius 3 is 2.67 bits per heavy atom. The minimum atomic E-state index is 0.763. The maximum atomic E-state index is 4.72. The molecule has 0 saturated carbocycles. The zero-order valence-electron chi connectivity index (χ0n) is 12.0. The number of halogens is 1. The molecule has 1 heterocycles. The predicted molar refractivity (Wildman–Crippen MR) is 91.6 cm³/mol. The van der Waals surface area contributed by atoms with E-state index in [4.69, 9.17) is 9.97 Å². The van der Waals surface area contributed by atoms with Crippen molar-refractivity contribution in [2.45, 2.75) is 13.8 Å². The van der Waals surface area contributed by atoms with Crippen LogP contribution in [-0.4, -0.2) is 16.5 Å². The number of nitrogens with one attached hydrogen (secondary N) is 1. The number of fused-ring (bicyclic) bond motifs is 1. The van der Waals surface area contributed by atoms with Gasteiger partial charge in [-0.05, 0) is 37.6 Å². The smallest absolute Gasteiger partial charge is 0.162 e. The minimum absolute atomic E-state index is 0.763. The third-order valence-corrected chi connectivity index (χ3v) is 3.88. The fourth-order valence-electron chi connectivity index (χ4n) is 2.35. The van der Waals surface area contributed by atoms with Crippen LogP contribution in [0.15, 0.2) is 46.9 Å². The summed E-state index contributed by atoms with van der Waals surface area (Å²) in [5.74, 6) is 1.64. The van der Waals surface area contributed by atoms with E-state index in [0.29, 0.717) is 0 Å². The van der Waals surface area contributed by atoms with Crippen molar-refractivity contribution in [1.82, 2.24) is 9.97 Å². The first kappa shape index (κ1) is 14.0. The lowest BCUT2D eigenvalue weighted by Crippen LogP contribution is -2.03. The Morgan fingerprint density at radius 2 is 1.90 bits per heavy atom. The zero-order valence-corrected chi connectivity index (χ0v) is 13.6. The summed E-state index contributed by atoms with van der Waals surface area (Å²) in [6.07, 6.45) is 0. The van der Waals surface area contributed by atoms with E-state index >= 15 is 0 Å². The Balaban J connectivity index is 2.26. The van der Waals surface area contributed by atoms with Crippen molar-refractivity contribution in [3.05, 3.63) is 52.5 Å². The average Bonchev–Trinajstić information content (AvgIpc) is 2.48. The number of rotatable bonds is 3. The fourth-order valence-corrected chi connectivity index (χ4v) is 2.71. The summed E-state index contributed by atoms with van der Waals surface area (Å²) >= 11 is 3.51. The molecular formula is C17H16BrN3. The van der Waals surface area contributed by atoms with E-state index in [1.165, 1.54) is 5.56 Å². The Kier molecular flexibility index (Phi) is 3.88. The van der Waals surface area contributed by atoms with Gasteiger partial charge in [0.2, 0.25) is 0 Å². The lowest BCUT2D eigenvalue weighted by molar-refractivity contribution is 1.14. The molecule has 0 fully saturated rings. The molecule has 0 aliphatic heterocycles. The van der Waals surface area contributed by atoms with E-state index < -0.39 is 0 Å². The predicted octanol–water partition coefficient (Wildman–Crippen LogP) is 4.80. The summed E-state index contributed by atoms with van der Waals surface area (Å²) in [5, 5.41) is 4.37. The molecule has 0 amide bonds. The number of hydrogen-bond donors (Lipinski definition) is 1. The summed E-state index contributed by atoms with van der Waals surface area (Å²) in [5.41, 5.74) is 3.19. The van der Waals surface area contributed by atoms with Crippen molar-refractivity contribution in [3.8, 4) is 11.4 Å². The van der Waals surface area contributed by atoms with Crippen LogP contribution < -0.4 is 5.32 Å². The lowest BCUT2D eigenvalue weighted by Gasteiger charge is -2.11. The molecule has 3 rings (SSSR count). The standard InChI is InChI=1S/C17H16BrN3/c1-3-19-16-14-10-12(18)8-9-15(14)20-17(21-16)13-7-5-4-6-11(13)2/h4-10H,3H2,1-2H3,(H,19,20,21). The number of anilines is 1. The molecule has 1 aromatic heterocycles. The molecule has 0 aliphatic carbocycles. The van der Waals surface area contributed by atoms with Crippen molar-refractivity contribution in [3.63, 3.8) is 0 Å². The molecule has 0 aliphatic rings. The van der Waals surface area contributed by atoms with Gasteiger partial charge in [-0.1, -0.05) is 40.2 Å². The van der Waals surface area contributed by atoms with Crippen LogP contribution in [0.5, 0.6) is 0 Å². The van der Waals surface area contributed by atoms with Gasteiger partial charge in [-0.3, -0.25) is 0 Å². The maximum Gasteiger partial charge on any atom is 0.162 e. The van der Waals surface area contributed by atoms with E-state index in [9.17, 15) is 0 Å². The molecular weight excluding hydrogens is 326 g/mol. The second-order valence-corrected chi connectivity index (χ2v) is 5.82. The second-order valence-electron chi connectivity index (χ2n) is 4.90. The van der Waals surface area contributed by atoms with Gasteiger partial charge in [-0.25, -0.2) is 9.97 Å². The highest BCUT2D eigenvalue weighted by atomic mass is 79.9. The van der Waals surface area contributed by atoms with Gasteiger partial charge >= 0.3 is 0 Å². The van der Waals surface area contributed by atoms with Gasteiger partial charge in [0.1, 0.15) is 5.82 Å². The average molecular weight is 342 g/mol. The van der Waals surface area contributed by atoms with Crippen LogP contribution in [0.3, 0.4) is 0 Å². The highest BCUT2D eigenvalue weighted by Gasteiger charge is 2.10. The van der Waals surface area contributed by atoms with Gasteiger partial charge in [0.15, 0.2) is 5.82 Å². The van der Waals surface area contributed by atoms with Gasteiger partial charge in [0.05, 0.1) is 5.52 Å². The second kappa shape index (κ2) is 5.82. The Morgan fingerprint density at radius 1 is 1.10 bits per heavy atom. The van der Waals surface area contributed by atoms with E-state index in [1.807, 2.05) is 24.3 Å². The molecule has 0 radical (unpaired) electrons. The molecule has 0 unspecified atom stereocenters. The van der Waals surface area contributed by atoms with Crippen LogP contribution in [-0.2, 0) is 0 Å². The van der Waals surface area contributed by atoms with Crippen molar-refractivity contribution >= 4 is 32.7 Å². The largest absolute Gasteiger partial charge is 0.370 e. The summed E-state index contributed by atoms with van der Waals surface area (Å²) in [6.45, 7) is 4.97. The molecule has 4 heteroatoms. The maximum absolute atomic E-state index is 4.72. The molecule has 21 heavy (non-hydrogen) atoms. The number of benzene rings is 2. The third kappa shape index (κ3) is 2.76. The van der Waals surface area contributed by atoms with Gasteiger partial charge in [0.25, 0.3) is 0 Å². The van der Waals surface area contributed by atoms with Gasteiger partial charge in [0, 0.05) is 22.0 Å². The molecule has 0 saturated heterocycles. The molecule has 106 valence electrons. The van der Waals surface area contributed by atoms with E-state index in [2.05, 4.69) is 53.3 Å². The van der Waals surface area contributed by atoms with Crippen LogP contribution in [0.25, 0.3) is 22.3 Å². The summed E-state index contributed by atoms with van der Waals surface area (Å²) in [4.78, 5) is 9.44. The molecule has 3 aromatic rings. The van der Waals surface area contributed by atoms with E-state index in [1.54, 1.807) is 0 Å². The molecule has 0 spiro atoms. The van der Waals surface area contributed by atoms with Crippen LogP contribution in [0.4, 0.5) is 5.82 Å². The lowest BCUT2D eigenvalue weighted by atomic mass is 10.1. The van der Waals surface area contributed by atoms with Crippen LogP contribution in [0, 0.1) is 6.92 Å². The number of nitrogens with zero attached hydrogens (tertiary/aromatic N) is 2. The van der Waals surface area contributed by atoms with Gasteiger partial charge in [-0.2, -0.15) is 0 Å². The first-order valence-corrected chi connectivity index (χ1v) is 7.75. The summed E-state index contributed by atoms with van der Waals surface area (Å²) in [6, 6.07) is 14.3. The van der Waals surface area contributed by atoms with Crippen LogP contribution in [0.2, 0.25) is 0 Å². The molecule has 3 nitrogen and oxygen atoms in total. The zero-order chi connectivity index (χ0) is 14.8. The van der Waals surface area contributed by atoms with Gasteiger partial charge in [-0.15, -0.1) is 0 Å². The normalized spacial score (nSPS) is 10.8. The van der Waals surface area contributed by atoms with E-state index in [0.717, 1.165) is 39.1 Å². The Bertz CT molecular complexity index is 799. The highest BCUT2D eigenvalue weighted by Crippen LogP contribution is 2.28. The van der Waals surface area contributed by atoms with Gasteiger partial charge < -0.3 is 5.32 Å².